The highest BCUT2D eigenvalue weighted by atomic mass is 35.5. The van der Waals surface area contributed by atoms with Gasteiger partial charge in [0, 0.05) is 12.7 Å². The van der Waals surface area contributed by atoms with E-state index in [0.29, 0.717) is 27.7 Å². The van der Waals surface area contributed by atoms with Crippen molar-refractivity contribution in [2.75, 3.05) is 17.2 Å². The van der Waals surface area contributed by atoms with Crippen molar-refractivity contribution in [3.8, 4) is 11.8 Å². The number of aryl methyl sites for hydroxylation is 1. The quantitative estimate of drug-likeness (QED) is 0.259. The molecule has 3 heterocycles. The van der Waals surface area contributed by atoms with E-state index in [2.05, 4.69) is 25.6 Å². The van der Waals surface area contributed by atoms with Crippen LogP contribution in [0.25, 0.3) is 15.9 Å². The molecule has 3 aromatic heterocycles. The third kappa shape index (κ3) is 5.54. The molecule has 0 spiro atoms. The lowest BCUT2D eigenvalue weighted by Gasteiger charge is -2.16. The molecule has 1 aliphatic carbocycles. The molecule has 1 fully saturated rings. The van der Waals surface area contributed by atoms with Gasteiger partial charge in [-0.1, -0.05) is 29.0 Å². The van der Waals surface area contributed by atoms with E-state index in [1.807, 2.05) is 0 Å². The molecule has 0 atom stereocenters. The summed E-state index contributed by atoms with van der Waals surface area (Å²) in [6, 6.07) is 10.9. The Labute approximate surface area is 241 Å². The Morgan fingerprint density at radius 1 is 1.17 bits per heavy atom. The third-order valence-electron chi connectivity index (χ3n) is 6.64. The minimum atomic E-state index is -0.820. The predicted molar refractivity (Wildman–Crippen MR) is 156 cm³/mol. The van der Waals surface area contributed by atoms with Crippen molar-refractivity contribution in [1.29, 1.82) is 5.26 Å². The first-order chi connectivity index (χ1) is 19.8. The van der Waals surface area contributed by atoms with Crippen molar-refractivity contribution in [3.63, 3.8) is 0 Å². The van der Waals surface area contributed by atoms with Crippen LogP contribution in [0.2, 0.25) is 5.02 Å². The van der Waals surface area contributed by atoms with Crippen LogP contribution in [0.15, 0.2) is 58.4 Å². The molecule has 13 heteroatoms. The summed E-state index contributed by atoms with van der Waals surface area (Å²) < 4.78 is 17.0. The largest absolute Gasteiger partial charge is 0.361 e. The van der Waals surface area contributed by atoms with Gasteiger partial charge in [0.25, 0.3) is 0 Å². The molecule has 0 radical (unpaired) electrons. The summed E-state index contributed by atoms with van der Waals surface area (Å²) in [6.45, 7) is 2.55. The van der Waals surface area contributed by atoms with Gasteiger partial charge in [0.1, 0.15) is 11.9 Å². The molecule has 2 aromatic carbocycles. The smallest absolute Gasteiger partial charge is 0.359 e. The SMILES string of the molecule is Cc1cncc(-n2c(=O)nc(Nc3cc4sc(NCC5CC5)nc4cc3Cl)n(Cc3ccc(F)c(C#N)c3)c2=O)c1. The molecule has 10 nitrogen and oxygen atoms in total. The second kappa shape index (κ2) is 10.8. The average Bonchev–Trinajstić information content (AvgIpc) is 3.69. The standard InChI is InChI=1S/C28H22ClFN8O2S/c1-15-6-19(13-32-11-15)38-27(39)36-25(37(28(38)40)14-17-4-5-21(30)18(7-17)10-31)34-22-9-24-23(8-20(22)29)35-26(41-24)33-12-16-2-3-16/h4-9,11,13,16H,2-3,12,14H2,1H3,(H,33,35)(H,34,36,39). The van der Waals surface area contributed by atoms with Crippen LogP contribution in [0.5, 0.6) is 0 Å². The van der Waals surface area contributed by atoms with Crippen LogP contribution in [0.3, 0.4) is 0 Å². The summed E-state index contributed by atoms with van der Waals surface area (Å²) in [4.78, 5) is 39.9. The van der Waals surface area contributed by atoms with Crippen molar-refractivity contribution in [2.45, 2.75) is 26.3 Å². The molecule has 0 amide bonds. The van der Waals surface area contributed by atoms with Crippen molar-refractivity contribution < 1.29 is 4.39 Å². The van der Waals surface area contributed by atoms with Gasteiger partial charge in [-0.25, -0.2) is 23.5 Å². The van der Waals surface area contributed by atoms with Crippen LogP contribution >= 0.6 is 22.9 Å². The van der Waals surface area contributed by atoms with Gasteiger partial charge >= 0.3 is 11.4 Å². The van der Waals surface area contributed by atoms with Crippen molar-refractivity contribution in [1.82, 2.24) is 24.1 Å². The number of rotatable bonds is 8. The number of nitriles is 1. The second-order valence-electron chi connectivity index (χ2n) is 9.84. The average molecular weight is 589 g/mol. The number of nitrogens with one attached hydrogen (secondary N) is 2. The first-order valence-electron chi connectivity index (χ1n) is 12.7. The lowest BCUT2D eigenvalue weighted by Crippen LogP contribution is -2.41. The van der Waals surface area contributed by atoms with E-state index in [1.54, 1.807) is 37.4 Å². The number of fused-ring (bicyclic) bond motifs is 1. The van der Waals surface area contributed by atoms with Gasteiger partial charge in [0.05, 0.1) is 44.9 Å². The second-order valence-corrected chi connectivity index (χ2v) is 11.3. The summed E-state index contributed by atoms with van der Waals surface area (Å²) in [7, 11) is 0. The monoisotopic (exact) mass is 588 g/mol. The number of anilines is 3. The fourth-order valence-corrected chi connectivity index (χ4v) is 5.45. The Bertz CT molecular complexity index is 1980. The molecule has 0 bridgehead atoms. The van der Waals surface area contributed by atoms with Crippen molar-refractivity contribution in [2.24, 2.45) is 5.92 Å². The molecule has 0 aliphatic heterocycles. The number of pyridine rings is 1. The Morgan fingerprint density at radius 3 is 2.76 bits per heavy atom. The summed E-state index contributed by atoms with van der Waals surface area (Å²) in [5.74, 6) is -0.0576. The maximum Gasteiger partial charge on any atom is 0.359 e. The van der Waals surface area contributed by atoms with Gasteiger partial charge in [-0.2, -0.15) is 10.2 Å². The van der Waals surface area contributed by atoms with E-state index in [0.717, 1.165) is 32.6 Å². The van der Waals surface area contributed by atoms with Crippen LogP contribution in [0, 0.1) is 30.0 Å². The van der Waals surface area contributed by atoms with E-state index in [1.165, 1.54) is 47.1 Å². The Hall–Kier alpha value is -4.60. The van der Waals surface area contributed by atoms with Crippen LogP contribution in [-0.4, -0.2) is 30.6 Å². The highest BCUT2D eigenvalue weighted by molar-refractivity contribution is 7.22. The van der Waals surface area contributed by atoms with Gasteiger partial charge in [-0.15, -0.1) is 0 Å². The van der Waals surface area contributed by atoms with E-state index in [-0.39, 0.29) is 23.7 Å². The number of hydrogen-bond donors (Lipinski definition) is 2. The number of nitrogens with zero attached hydrogens (tertiary/aromatic N) is 6. The molecule has 1 saturated carbocycles. The summed E-state index contributed by atoms with van der Waals surface area (Å²) in [5, 5.41) is 16.8. The van der Waals surface area contributed by atoms with Crippen LogP contribution in [0.1, 0.15) is 29.5 Å². The molecule has 206 valence electrons. The maximum atomic E-state index is 14.0. The molecule has 0 unspecified atom stereocenters. The zero-order valence-electron chi connectivity index (χ0n) is 21.7. The lowest BCUT2D eigenvalue weighted by molar-refractivity contribution is 0.620. The number of thiazole rings is 1. The van der Waals surface area contributed by atoms with E-state index >= 15 is 0 Å². The lowest BCUT2D eigenvalue weighted by atomic mass is 10.1. The zero-order valence-corrected chi connectivity index (χ0v) is 23.3. The molecular weight excluding hydrogens is 567 g/mol. The van der Waals surface area contributed by atoms with Gasteiger partial charge in [0.15, 0.2) is 5.13 Å². The molecule has 6 rings (SSSR count). The highest BCUT2D eigenvalue weighted by Gasteiger charge is 2.22. The normalized spacial score (nSPS) is 12.8. The highest BCUT2D eigenvalue weighted by Crippen LogP contribution is 2.35. The summed E-state index contributed by atoms with van der Waals surface area (Å²) in [6.07, 6.45) is 5.44. The number of aromatic nitrogens is 5. The number of hydrogen-bond acceptors (Lipinski definition) is 9. The van der Waals surface area contributed by atoms with Gasteiger partial charge in [-0.3, -0.25) is 9.55 Å². The molecular formula is C28H22ClFN8O2S. The minimum Gasteiger partial charge on any atom is -0.361 e. The Kier molecular flexibility index (Phi) is 6.98. The Balaban J connectivity index is 1.43. The molecule has 2 N–H and O–H groups in total. The molecule has 0 saturated heterocycles. The minimum absolute atomic E-state index is 0.0717. The number of halogens is 2. The number of benzene rings is 2. The fourth-order valence-electron chi connectivity index (χ4n) is 4.35. The van der Waals surface area contributed by atoms with E-state index in [9.17, 15) is 19.2 Å². The molecule has 1 aliphatic rings. The van der Waals surface area contributed by atoms with Gasteiger partial charge in [-0.05, 0) is 67.1 Å². The summed E-state index contributed by atoms with van der Waals surface area (Å²) in [5.41, 5.74) is 0.895. The Morgan fingerprint density at radius 2 is 2.00 bits per heavy atom. The van der Waals surface area contributed by atoms with Crippen LogP contribution < -0.4 is 22.0 Å². The first-order valence-corrected chi connectivity index (χ1v) is 13.9. The first kappa shape index (κ1) is 26.6. The van der Waals surface area contributed by atoms with E-state index in [4.69, 9.17) is 11.6 Å². The molecule has 41 heavy (non-hydrogen) atoms. The van der Waals surface area contributed by atoms with Gasteiger partial charge in [0.2, 0.25) is 5.95 Å². The van der Waals surface area contributed by atoms with Crippen molar-refractivity contribution in [3.05, 3.63) is 97.3 Å². The molecule has 5 aromatic rings. The maximum absolute atomic E-state index is 14.0. The van der Waals surface area contributed by atoms with Crippen LogP contribution in [-0.2, 0) is 6.54 Å². The predicted octanol–water partition coefficient (Wildman–Crippen LogP) is 4.99. The van der Waals surface area contributed by atoms with E-state index < -0.39 is 17.2 Å². The van der Waals surface area contributed by atoms with Crippen LogP contribution in [0.4, 0.5) is 21.2 Å². The fraction of sp³-hybridized carbons (Fsp3) is 0.214. The van der Waals surface area contributed by atoms with Gasteiger partial charge < -0.3 is 10.6 Å². The third-order valence-corrected chi connectivity index (χ3v) is 7.93. The topological polar surface area (TPSA) is 131 Å². The summed E-state index contributed by atoms with van der Waals surface area (Å²) >= 11 is 8.06. The zero-order chi connectivity index (χ0) is 28.7. The van der Waals surface area contributed by atoms with Crippen molar-refractivity contribution >= 4 is 49.9 Å².